The van der Waals surface area contributed by atoms with Crippen LogP contribution in [0.1, 0.15) is 183 Å². The molecule has 0 spiro atoms. The average molecular weight is 1000 g/mol. The lowest BCUT2D eigenvalue weighted by molar-refractivity contribution is -0.125. The first kappa shape index (κ1) is 54.2. The minimum atomic E-state index is -0.0905. The lowest BCUT2D eigenvalue weighted by Gasteiger charge is -2.24. The van der Waals surface area contributed by atoms with Crippen LogP contribution in [0.15, 0.2) is 65.4 Å². The summed E-state index contributed by atoms with van der Waals surface area (Å²) >= 11 is 7.09. The molecular weight excluding hydrogens is 917 g/mol. The molecule has 6 heterocycles. The molecule has 10 heteroatoms. The Morgan fingerprint density at radius 1 is 0.471 bits per heavy atom. The maximum absolute atomic E-state index is 14.6. The Kier molecular flexibility index (Phi) is 23.3. The Bertz CT molecular complexity index is 2210. The van der Waals surface area contributed by atoms with Crippen LogP contribution in [-0.4, -0.2) is 61.1 Å². The van der Waals surface area contributed by atoms with Crippen LogP contribution < -0.4 is 0 Å². The number of fused-ring (bicyclic) bond motifs is 1. The summed E-state index contributed by atoms with van der Waals surface area (Å²) in [6, 6.07) is 17.5. The molecule has 0 unspecified atom stereocenters. The van der Waals surface area contributed by atoms with Crippen LogP contribution in [0.5, 0.6) is 0 Å². The lowest BCUT2D eigenvalue weighted by Crippen LogP contribution is -2.33. The topological polar surface area (TPSA) is 59.1 Å². The van der Waals surface area contributed by atoms with Crippen molar-refractivity contribution in [2.45, 2.75) is 170 Å². The molecule has 372 valence electrons. The maximum atomic E-state index is 14.6. The Morgan fingerprint density at radius 2 is 0.882 bits per heavy atom. The first-order valence-electron chi connectivity index (χ1n) is 26.6. The van der Waals surface area contributed by atoms with Gasteiger partial charge in [-0.1, -0.05) is 130 Å². The molecule has 0 saturated carbocycles. The normalized spacial score (nSPS) is 14.3. The molecule has 0 saturated heterocycles. The molecule has 2 aliphatic heterocycles. The van der Waals surface area contributed by atoms with Crippen LogP contribution in [0.4, 0.5) is 0 Å². The zero-order chi connectivity index (χ0) is 48.1. The van der Waals surface area contributed by atoms with Gasteiger partial charge in [0.1, 0.15) is 0 Å². The van der Waals surface area contributed by atoms with Crippen molar-refractivity contribution in [2.75, 3.05) is 39.5 Å². The smallest absolute Gasteiger partial charge is 0.261 e. The third-order valence-corrected chi connectivity index (χ3v) is 18.2. The number of allylic oxidation sites excluding steroid dienone is 1. The molecular formula is C58H82N2O4S4. The summed E-state index contributed by atoms with van der Waals surface area (Å²) in [6.45, 7) is 16.4. The molecule has 0 radical (unpaired) electrons. The van der Waals surface area contributed by atoms with Gasteiger partial charge in [0, 0.05) is 66.1 Å². The number of hydrogen-bond acceptors (Lipinski definition) is 8. The van der Waals surface area contributed by atoms with Gasteiger partial charge in [0.15, 0.2) is 0 Å². The van der Waals surface area contributed by atoms with Crippen molar-refractivity contribution < 1.29 is 19.1 Å². The van der Waals surface area contributed by atoms with Crippen LogP contribution >= 0.6 is 45.3 Å². The summed E-state index contributed by atoms with van der Waals surface area (Å²) in [4.78, 5) is 42.5. The Hall–Kier alpha value is -3.12. The number of nitrogens with zero attached hydrogens (tertiary/aromatic N) is 2. The van der Waals surface area contributed by atoms with E-state index in [1.54, 1.807) is 27.6 Å². The predicted molar refractivity (Wildman–Crippen MR) is 296 cm³/mol. The molecule has 4 aromatic rings. The van der Waals surface area contributed by atoms with Gasteiger partial charge in [0.25, 0.3) is 11.8 Å². The summed E-state index contributed by atoms with van der Waals surface area (Å²) in [5.74, 6) is 0.914. The highest BCUT2D eigenvalue weighted by atomic mass is 32.1. The van der Waals surface area contributed by atoms with E-state index in [0.717, 1.165) is 34.4 Å². The van der Waals surface area contributed by atoms with Gasteiger partial charge in [-0.15, -0.1) is 45.3 Å². The zero-order valence-corrected chi connectivity index (χ0v) is 45.7. The first-order chi connectivity index (χ1) is 33.3. The summed E-state index contributed by atoms with van der Waals surface area (Å²) in [5, 5.41) is 0. The quantitative estimate of drug-likeness (QED) is 0.0431. The minimum Gasteiger partial charge on any atom is -0.379 e. The van der Waals surface area contributed by atoms with E-state index >= 15 is 0 Å². The fourth-order valence-corrected chi connectivity index (χ4v) is 13.6. The molecule has 2 amide bonds. The zero-order valence-electron chi connectivity index (χ0n) is 42.5. The van der Waals surface area contributed by atoms with Crippen molar-refractivity contribution in [1.82, 2.24) is 9.80 Å². The van der Waals surface area contributed by atoms with Crippen LogP contribution in [0.25, 0.3) is 37.4 Å². The molecule has 0 aromatic carbocycles. The number of carbonyl (C=O) groups is 2. The van der Waals surface area contributed by atoms with Gasteiger partial charge in [-0.2, -0.15) is 0 Å². The number of rotatable bonds is 35. The molecule has 0 atom stereocenters. The van der Waals surface area contributed by atoms with Gasteiger partial charge in [0.05, 0.1) is 34.9 Å². The number of amides is 2. The highest BCUT2D eigenvalue weighted by Gasteiger charge is 2.47. The van der Waals surface area contributed by atoms with Crippen molar-refractivity contribution in [3.63, 3.8) is 0 Å². The van der Waals surface area contributed by atoms with Crippen molar-refractivity contribution in [1.29, 1.82) is 0 Å². The molecule has 0 aliphatic carbocycles. The van der Waals surface area contributed by atoms with E-state index in [9.17, 15) is 9.59 Å². The Labute approximate surface area is 426 Å². The van der Waals surface area contributed by atoms with Crippen LogP contribution in [-0.2, 0) is 19.1 Å². The fraction of sp³-hybridized carbons (Fsp3) is 0.586. The molecule has 68 heavy (non-hydrogen) atoms. The number of unbranched alkanes of at least 4 members (excludes halogenated alkanes) is 12. The predicted octanol–water partition coefficient (Wildman–Crippen LogP) is 17.6. The van der Waals surface area contributed by atoms with Crippen molar-refractivity contribution in [3.8, 4) is 19.5 Å². The summed E-state index contributed by atoms with van der Waals surface area (Å²) in [6.07, 6.45) is 29.5. The SMILES string of the molecule is CCCCCCC(CCCCCC)COCCN1C(=O)C2=C(c3ccc(-c4ccc(/C=C/c5ccc(-c6ccc(C)s6)s5)s4)s3)N(CCOCC(CCCCCC)CCCCCC)C(=O)C2=C1C. The van der Waals surface area contributed by atoms with Gasteiger partial charge < -0.3 is 19.3 Å². The van der Waals surface area contributed by atoms with E-state index in [2.05, 4.69) is 95.3 Å². The lowest BCUT2D eigenvalue weighted by atomic mass is 9.95. The molecule has 0 N–H and O–H groups in total. The second-order valence-electron chi connectivity index (χ2n) is 19.2. The Morgan fingerprint density at radius 3 is 1.35 bits per heavy atom. The first-order valence-corrected chi connectivity index (χ1v) is 29.8. The number of hydrogen-bond donors (Lipinski definition) is 0. The van der Waals surface area contributed by atoms with E-state index in [1.165, 1.54) is 158 Å². The number of aryl methyl sites for hydroxylation is 1. The average Bonchev–Trinajstić information content (AvgIpc) is 4.22. The van der Waals surface area contributed by atoms with E-state index in [0.29, 0.717) is 49.3 Å². The van der Waals surface area contributed by atoms with Gasteiger partial charge >= 0.3 is 0 Å². The van der Waals surface area contributed by atoms with Gasteiger partial charge in [-0.25, -0.2) is 0 Å². The van der Waals surface area contributed by atoms with Crippen LogP contribution in [0, 0.1) is 18.8 Å². The van der Waals surface area contributed by atoms with Crippen molar-refractivity contribution in [2.24, 2.45) is 11.8 Å². The third-order valence-electron chi connectivity index (χ3n) is 13.7. The monoisotopic (exact) mass is 999 g/mol. The standard InChI is InChI=1S/C58H82N2O4S4/c1-7-11-15-19-23-45(24-20-16-12-8-2)41-63-39-37-59-44(6)54-55(58(59)62)56(60(57(54)61)38-40-64-42-46(25-21-17-13-9-3)26-22-18-14-10-4)53-36-35-52(68-53)51-34-31-48(67-51)29-28-47-30-33-50(66-47)49-32-27-43(5)65-49/h27-36,45-46H,7-26,37-42H2,1-6H3/b29-28+. The fourth-order valence-electron chi connectivity index (χ4n) is 9.65. The maximum Gasteiger partial charge on any atom is 0.261 e. The molecule has 6 nitrogen and oxygen atoms in total. The van der Waals surface area contributed by atoms with E-state index < -0.39 is 0 Å². The summed E-state index contributed by atoms with van der Waals surface area (Å²) in [7, 11) is 0. The van der Waals surface area contributed by atoms with Gasteiger partial charge in [0.2, 0.25) is 0 Å². The number of thiophene rings is 4. The van der Waals surface area contributed by atoms with Crippen molar-refractivity contribution >= 4 is 75.0 Å². The van der Waals surface area contributed by atoms with Crippen LogP contribution in [0.3, 0.4) is 0 Å². The van der Waals surface area contributed by atoms with Gasteiger partial charge in [-0.3, -0.25) is 9.59 Å². The number of carbonyl (C=O) groups excluding carboxylic acids is 2. The highest BCUT2D eigenvalue weighted by molar-refractivity contribution is 7.23. The molecule has 2 aliphatic rings. The Balaban J connectivity index is 1.16. The van der Waals surface area contributed by atoms with Crippen LogP contribution in [0.2, 0.25) is 0 Å². The molecule has 4 aromatic heterocycles. The molecule has 6 rings (SSSR count). The highest BCUT2D eigenvalue weighted by Crippen LogP contribution is 2.46. The largest absolute Gasteiger partial charge is 0.379 e. The van der Waals surface area contributed by atoms with Crippen molar-refractivity contribution in [3.05, 3.63) is 84.9 Å². The third kappa shape index (κ3) is 15.7. The second-order valence-corrected chi connectivity index (χ2v) is 23.8. The van der Waals surface area contributed by atoms with E-state index in [1.807, 2.05) is 34.5 Å². The summed E-state index contributed by atoms with van der Waals surface area (Å²) < 4.78 is 12.9. The van der Waals surface area contributed by atoms with E-state index in [4.69, 9.17) is 9.47 Å². The molecule has 0 fully saturated rings. The molecule has 0 bridgehead atoms. The van der Waals surface area contributed by atoms with E-state index in [-0.39, 0.29) is 11.8 Å². The van der Waals surface area contributed by atoms with Gasteiger partial charge in [-0.05, 0) is 112 Å². The summed E-state index contributed by atoms with van der Waals surface area (Å²) in [5.41, 5.74) is 2.56. The second kappa shape index (κ2) is 29.3. The minimum absolute atomic E-state index is 0.0905. The number of ether oxygens (including phenoxy) is 2.